The minimum atomic E-state index is -2.11. The Morgan fingerprint density at radius 3 is 1.69 bits per heavy atom. The molecule has 0 aromatic heterocycles. The van der Waals surface area contributed by atoms with Crippen LogP contribution < -0.4 is 0 Å². The highest BCUT2D eigenvalue weighted by Crippen LogP contribution is 2.38. The predicted molar refractivity (Wildman–Crippen MR) is 175 cm³/mol. The van der Waals surface area contributed by atoms with Gasteiger partial charge in [-0.1, -0.05) is 112 Å². The summed E-state index contributed by atoms with van der Waals surface area (Å²) in [6, 6.07) is 30.7. The summed E-state index contributed by atoms with van der Waals surface area (Å²) in [6.45, 7) is 13.3. The molecule has 3 atom stereocenters. The smallest absolute Gasteiger partial charge is 0.192 e. The summed E-state index contributed by atoms with van der Waals surface area (Å²) < 4.78 is 26.4. The Bertz CT molecular complexity index is 1170. The molecule has 3 rings (SSSR count). The molecule has 0 saturated carbocycles. The zero-order valence-corrected chi connectivity index (χ0v) is 27.5. The van der Waals surface area contributed by atoms with Crippen LogP contribution in [0.25, 0.3) is 0 Å². The van der Waals surface area contributed by atoms with Crippen molar-refractivity contribution in [2.45, 2.75) is 83.5 Å². The third-order valence-corrected chi connectivity index (χ3v) is 12.1. The van der Waals surface area contributed by atoms with E-state index >= 15 is 0 Å². The minimum Gasteiger partial charge on any atom is -0.411 e. The molecule has 3 aromatic rings. The third-order valence-electron chi connectivity index (χ3n) is 7.58. The summed E-state index contributed by atoms with van der Waals surface area (Å²) in [6.07, 6.45) is 1.58. The Labute approximate surface area is 254 Å². The van der Waals surface area contributed by atoms with Crippen molar-refractivity contribution in [3.05, 3.63) is 108 Å². The fourth-order valence-corrected chi connectivity index (χ4v) is 5.52. The van der Waals surface area contributed by atoms with Crippen LogP contribution in [0.3, 0.4) is 0 Å². The van der Waals surface area contributed by atoms with E-state index in [1.807, 2.05) is 74.9 Å². The van der Waals surface area contributed by atoms with Gasteiger partial charge in [0.05, 0.1) is 44.9 Å². The molecule has 0 aliphatic carbocycles. The number of rotatable bonds is 17. The number of hydrogen-bond donors (Lipinski definition) is 0. The van der Waals surface area contributed by atoms with Gasteiger partial charge in [-0.15, -0.1) is 0 Å². The number of hydrazone groups is 1. The molecule has 0 aliphatic rings. The highest BCUT2D eigenvalue weighted by atomic mass is 28.4. The molecule has 0 fully saturated rings. The molecule has 3 aromatic carbocycles. The second-order valence-corrected chi connectivity index (χ2v) is 17.2. The summed E-state index contributed by atoms with van der Waals surface area (Å²) in [7, 11) is 1.70. The molecule has 0 amide bonds. The first-order chi connectivity index (χ1) is 20.0. The fourth-order valence-electron chi connectivity index (χ4n) is 4.17. The molecule has 0 unspecified atom stereocenters. The molecule has 42 heavy (non-hydrogen) atoms. The maximum Gasteiger partial charge on any atom is 0.192 e. The summed E-state index contributed by atoms with van der Waals surface area (Å²) in [4.78, 5) is 0. The topological polar surface area (TPSA) is 52.5 Å². The molecule has 0 bridgehead atoms. The van der Waals surface area contributed by atoms with Gasteiger partial charge in [0.15, 0.2) is 8.32 Å². The van der Waals surface area contributed by atoms with E-state index in [1.165, 1.54) is 0 Å². The van der Waals surface area contributed by atoms with E-state index in [0.29, 0.717) is 32.8 Å². The second-order valence-electron chi connectivity index (χ2n) is 12.4. The van der Waals surface area contributed by atoms with E-state index in [4.69, 9.17) is 18.6 Å². The lowest BCUT2D eigenvalue weighted by Crippen LogP contribution is -2.47. The van der Waals surface area contributed by atoms with Crippen molar-refractivity contribution in [3.8, 4) is 0 Å². The quantitative estimate of drug-likeness (QED) is 0.0916. The zero-order chi connectivity index (χ0) is 30.4. The number of hydrogen-bond acceptors (Lipinski definition) is 6. The predicted octanol–water partition coefficient (Wildman–Crippen LogP) is 7.70. The van der Waals surface area contributed by atoms with Crippen LogP contribution in [0, 0.1) is 0 Å². The fraction of sp³-hybridized carbons (Fsp3) is 0.457. The number of ether oxygens (including phenoxy) is 3. The van der Waals surface area contributed by atoms with Gasteiger partial charge in [0.1, 0.15) is 6.10 Å². The zero-order valence-electron chi connectivity index (χ0n) is 26.5. The van der Waals surface area contributed by atoms with Crippen LogP contribution in [-0.2, 0) is 38.5 Å². The highest BCUT2D eigenvalue weighted by Gasteiger charge is 2.40. The van der Waals surface area contributed by atoms with Gasteiger partial charge in [0, 0.05) is 20.5 Å². The summed E-state index contributed by atoms with van der Waals surface area (Å²) in [5.41, 5.74) is 3.35. The lowest BCUT2D eigenvalue weighted by molar-refractivity contribution is -0.0803. The molecule has 0 spiro atoms. The first-order valence-electron chi connectivity index (χ1n) is 14.9. The number of benzene rings is 3. The first kappa shape index (κ1) is 33.7. The first-order valence-corrected chi connectivity index (χ1v) is 17.8. The van der Waals surface area contributed by atoms with Crippen LogP contribution in [0.2, 0.25) is 18.1 Å². The molecular formula is C35H50N2O4Si. The largest absolute Gasteiger partial charge is 0.411 e. The molecule has 0 radical (unpaired) electrons. The molecule has 0 N–H and O–H groups in total. The molecule has 0 aliphatic heterocycles. The van der Waals surface area contributed by atoms with E-state index in [2.05, 4.69) is 75.4 Å². The Balaban J connectivity index is 1.86. The van der Waals surface area contributed by atoms with E-state index in [9.17, 15) is 0 Å². The van der Waals surface area contributed by atoms with Crippen LogP contribution in [0.5, 0.6) is 0 Å². The van der Waals surface area contributed by atoms with Gasteiger partial charge >= 0.3 is 0 Å². The van der Waals surface area contributed by atoms with Gasteiger partial charge in [-0.2, -0.15) is 5.10 Å². The summed E-state index contributed by atoms with van der Waals surface area (Å²) in [5, 5.41) is 6.41. The normalized spacial score (nSPS) is 14.5. The molecule has 228 valence electrons. The van der Waals surface area contributed by atoms with E-state index in [-0.39, 0.29) is 17.2 Å². The minimum absolute atomic E-state index is 0.0562. The number of nitrogens with zero attached hydrogens (tertiary/aromatic N) is 2. The van der Waals surface area contributed by atoms with Gasteiger partial charge in [0.2, 0.25) is 0 Å². The SMILES string of the molecule is CN(C)/N=C/[C@H](OCc1ccccc1)[C@H](C[C@@H](COCc1ccccc1)O[Si](C)(C)C(C)(C)C)OCc1ccccc1. The lowest BCUT2D eigenvalue weighted by Gasteiger charge is -2.40. The molecule has 6 nitrogen and oxygen atoms in total. The second kappa shape index (κ2) is 16.7. The third kappa shape index (κ3) is 11.8. The van der Waals surface area contributed by atoms with Crippen LogP contribution in [0.15, 0.2) is 96.1 Å². The summed E-state index contributed by atoms with van der Waals surface area (Å²) in [5.74, 6) is 0. The Kier molecular flexibility index (Phi) is 13.4. The van der Waals surface area contributed by atoms with Crippen LogP contribution in [0.1, 0.15) is 43.9 Å². The monoisotopic (exact) mass is 590 g/mol. The van der Waals surface area contributed by atoms with E-state index in [1.54, 1.807) is 5.01 Å². The molecule has 0 heterocycles. The van der Waals surface area contributed by atoms with Crippen molar-refractivity contribution in [1.29, 1.82) is 0 Å². The van der Waals surface area contributed by atoms with Crippen LogP contribution >= 0.6 is 0 Å². The van der Waals surface area contributed by atoms with Crippen molar-refractivity contribution in [2.24, 2.45) is 5.10 Å². The average Bonchev–Trinajstić information content (AvgIpc) is 2.96. The standard InChI is InChI=1S/C35H50N2O4Si/c1-35(2,3)42(6,7)41-32(28-38-25-29-17-11-8-12-18-29)23-33(39-26-30-19-13-9-14-20-30)34(24-36-37(4)5)40-27-31-21-15-10-16-22-31/h8-22,24,32-34H,23,25-28H2,1-7H3/b36-24+/t32-,33-,34-/m0/s1. The van der Waals surface area contributed by atoms with Crippen molar-refractivity contribution in [1.82, 2.24) is 5.01 Å². The van der Waals surface area contributed by atoms with Gasteiger partial charge in [-0.3, -0.25) is 0 Å². The van der Waals surface area contributed by atoms with E-state index < -0.39 is 14.4 Å². The van der Waals surface area contributed by atoms with Crippen molar-refractivity contribution >= 4 is 14.5 Å². The van der Waals surface area contributed by atoms with E-state index in [0.717, 1.165) is 16.7 Å². The highest BCUT2D eigenvalue weighted by molar-refractivity contribution is 6.74. The van der Waals surface area contributed by atoms with Crippen molar-refractivity contribution < 1.29 is 18.6 Å². The Morgan fingerprint density at radius 1 is 0.738 bits per heavy atom. The molecular weight excluding hydrogens is 540 g/mol. The van der Waals surface area contributed by atoms with Crippen LogP contribution in [0.4, 0.5) is 0 Å². The molecule has 0 saturated heterocycles. The van der Waals surface area contributed by atoms with Crippen molar-refractivity contribution in [2.75, 3.05) is 20.7 Å². The maximum absolute atomic E-state index is 6.98. The van der Waals surface area contributed by atoms with Gasteiger partial charge in [-0.25, -0.2) is 0 Å². The lowest BCUT2D eigenvalue weighted by atomic mass is 10.1. The van der Waals surface area contributed by atoms with Gasteiger partial charge in [-0.05, 0) is 34.8 Å². The Morgan fingerprint density at radius 2 is 1.21 bits per heavy atom. The maximum atomic E-state index is 6.98. The van der Waals surface area contributed by atoms with Gasteiger partial charge < -0.3 is 23.6 Å². The van der Waals surface area contributed by atoms with Crippen LogP contribution in [-0.4, -0.2) is 58.6 Å². The average molecular weight is 591 g/mol. The summed E-state index contributed by atoms with van der Waals surface area (Å²) >= 11 is 0. The van der Waals surface area contributed by atoms with Crippen molar-refractivity contribution in [3.63, 3.8) is 0 Å². The molecule has 7 heteroatoms. The van der Waals surface area contributed by atoms with Gasteiger partial charge in [0.25, 0.3) is 0 Å². The Hall–Kier alpha value is -2.81.